The van der Waals surface area contributed by atoms with Crippen LogP contribution in [0, 0.1) is 0 Å². The van der Waals surface area contributed by atoms with Crippen molar-refractivity contribution in [3.8, 4) is 0 Å². The first-order chi connectivity index (χ1) is 8.09. The summed E-state index contributed by atoms with van der Waals surface area (Å²) < 4.78 is 6.35. The Morgan fingerprint density at radius 2 is 2.06 bits per heavy atom. The molecule has 0 spiro atoms. The first-order valence-electron chi connectivity index (χ1n) is 6.20. The van der Waals surface area contributed by atoms with Crippen LogP contribution < -0.4 is 5.32 Å². The second-order valence-electron chi connectivity index (χ2n) is 4.44. The van der Waals surface area contributed by atoms with Gasteiger partial charge in [-0.2, -0.15) is 0 Å². The van der Waals surface area contributed by atoms with Crippen LogP contribution >= 0.6 is 22.9 Å². The van der Waals surface area contributed by atoms with Gasteiger partial charge in [-0.1, -0.05) is 11.6 Å². The second-order valence-corrected chi connectivity index (χ2v) is 6.19. The van der Waals surface area contributed by atoms with Crippen LogP contribution in [0.25, 0.3) is 0 Å². The van der Waals surface area contributed by atoms with Gasteiger partial charge in [0.1, 0.15) is 0 Å². The highest BCUT2D eigenvalue weighted by atomic mass is 35.5. The van der Waals surface area contributed by atoms with Crippen molar-refractivity contribution in [2.75, 3.05) is 13.2 Å². The van der Waals surface area contributed by atoms with Crippen molar-refractivity contribution in [1.29, 1.82) is 0 Å². The van der Waals surface area contributed by atoms with Gasteiger partial charge >= 0.3 is 0 Å². The van der Waals surface area contributed by atoms with Gasteiger partial charge in [-0.25, -0.2) is 0 Å². The van der Waals surface area contributed by atoms with E-state index in [1.165, 1.54) is 4.88 Å². The average molecular weight is 276 g/mol. The van der Waals surface area contributed by atoms with Gasteiger partial charge in [0.2, 0.25) is 0 Å². The lowest BCUT2D eigenvalue weighted by Gasteiger charge is -2.12. The third-order valence-electron chi connectivity index (χ3n) is 2.49. The predicted molar refractivity (Wildman–Crippen MR) is 76.1 cm³/mol. The standard InChI is InChI=1S/C13H22ClNOS/c1-10(2)16-9-5-4-8-15-11(3)12-6-7-13(14)17-12/h6-7,10-11,15H,4-5,8-9H2,1-3H3. The smallest absolute Gasteiger partial charge is 0.0931 e. The summed E-state index contributed by atoms with van der Waals surface area (Å²) in [5, 5.41) is 3.50. The summed E-state index contributed by atoms with van der Waals surface area (Å²) in [5.74, 6) is 0. The summed E-state index contributed by atoms with van der Waals surface area (Å²) in [7, 11) is 0. The van der Waals surface area contributed by atoms with Gasteiger partial charge in [0, 0.05) is 17.5 Å². The van der Waals surface area contributed by atoms with Crippen LogP contribution in [0.15, 0.2) is 12.1 Å². The zero-order valence-electron chi connectivity index (χ0n) is 10.8. The number of unbranched alkanes of at least 4 members (excludes halogenated alkanes) is 1. The van der Waals surface area contributed by atoms with Gasteiger partial charge < -0.3 is 10.1 Å². The fourth-order valence-electron chi connectivity index (χ4n) is 1.53. The molecule has 1 aromatic heterocycles. The first kappa shape index (κ1) is 15.0. The lowest BCUT2D eigenvalue weighted by Crippen LogP contribution is -2.19. The van der Waals surface area contributed by atoms with Crippen molar-refractivity contribution in [2.45, 2.75) is 45.8 Å². The number of ether oxygens (including phenoxy) is 1. The summed E-state index contributed by atoms with van der Waals surface area (Å²) in [5.41, 5.74) is 0. The van der Waals surface area contributed by atoms with Gasteiger partial charge in [-0.3, -0.25) is 0 Å². The molecule has 0 amide bonds. The summed E-state index contributed by atoms with van der Waals surface area (Å²) >= 11 is 7.56. The molecule has 0 radical (unpaired) electrons. The van der Waals surface area contributed by atoms with Crippen LogP contribution in [0.5, 0.6) is 0 Å². The minimum Gasteiger partial charge on any atom is -0.379 e. The molecule has 4 heteroatoms. The maximum atomic E-state index is 5.91. The van der Waals surface area contributed by atoms with E-state index in [0.29, 0.717) is 12.1 Å². The highest BCUT2D eigenvalue weighted by Gasteiger charge is 2.06. The van der Waals surface area contributed by atoms with Crippen LogP contribution in [-0.4, -0.2) is 19.3 Å². The van der Waals surface area contributed by atoms with Crippen LogP contribution in [0.1, 0.15) is 44.5 Å². The quantitative estimate of drug-likeness (QED) is 0.716. The Labute approximate surface area is 113 Å². The summed E-state index contributed by atoms with van der Waals surface area (Å²) in [6.07, 6.45) is 2.61. The number of hydrogen-bond donors (Lipinski definition) is 1. The Bertz CT molecular complexity index is 314. The molecule has 0 saturated heterocycles. The Morgan fingerprint density at radius 1 is 1.29 bits per heavy atom. The zero-order valence-corrected chi connectivity index (χ0v) is 12.4. The van der Waals surface area contributed by atoms with E-state index in [0.717, 1.165) is 30.3 Å². The number of halogens is 1. The molecule has 0 aliphatic rings. The molecule has 1 aromatic rings. The number of thiophene rings is 1. The van der Waals surface area contributed by atoms with E-state index in [9.17, 15) is 0 Å². The van der Waals surface area contributed by atoms with E-state index in [1.54, 1.807) is 11.3 Å². The van der Waals surface area contributed by atoms with E-state index in [-0.39, 0.29) is 0 Å². The van der Waals surface area contributed by atoms with Gasteiger partial charge in [0.15, 0.2) is 0 Å². The third-order valence-corrected chi connectivity index (χ3v) is 3.91. The lowest BCUT2D eigenvalue weighted by molar-refractivity contribution is 0.0759. The molecular formula is C13H22ClNOS. The molecule has 1 heterocycles. The fourth-order valence-corrected chi connectivity index (χ4v) is 2.61. The molecule has 1 unspecified atom stereocenters. The topological polar surface area (TPSA) is 21.3 Å². The Balaban J connectivity index is 2.06. The van der Waals surface area contributed by atoms with Gasteiger partial charge in [0.25, 0.3) is 0 Å². The summed E-state index contributed by atoms with van der Waals surface area (Å²) in [4.78, 5) is 1.30. The minimum absolute atomic E-state index is 0.343. The number of rotatable bonds is 8. The van der Waals surface area contributed by atoms with Crippen molar-refractivity contribution in [3.63, 3.8) is 0 Å². The fraction of sp³-hybridized carbons (Fsp3) is 0.692. The maximum absolute atomic E-state index is 5.91. The molecule has 98 valence electrons. The summed E-state index contributed by atoms with van der Waals surface area (Å²) in [6, 6.07) is 4.43. The largest absolute Gasteiger partial charge is 0.379 e. The van der Waals surface area contributed by atoms with Crippen LogP contribution in [0.4, 0.5) is 0 Å². The second kappa shape index (κ2) is 8.09. The molecule has 17 heavy (non-hydrogen) atoms. The van der Waals surface area contributed by atoms with E-state index in [4.69, 9.17) is 16.3 Å². The van der Waals surface area contributed by atoms with Crippen molar-refractivity contribution in [2.24, 2.45) is 0 Å². The van der Waals surface area contributed by atoms with E-state index >= 15 is 0 Å². The Kier molecular flexibility index (Phi) is 7.12. The zero-order chi connectivity index (χ0) is 12.7. The van der Waals surface area contributed by atoms with Gasteiger partial charge in [0.05, 0.1) is 10.4 Å². The first-order valence-corrected chi connectivity index (χ1v) is 7.39. The van der Waals surface area contributed by atoms with Crippen molar-refractivity contribution in [1.82, 2.24) is 5.32 Å². The molecule has 0 aliphatic carbocycles. The van der Waals surface area contributed by atoms with Gasteiger partial charge in [-0.05, 0) is 52.3 Å². The SMILES string of the molecule is CC(C)OCCCCNC(C)c1ccc(Cl)s1. The van der Waals surface area contributed by atoms with Crippen LogP contribution in [-0.2, 0) is 4.74 Å². The van der Waals surface area contributed by atoms with E-state index < -0.39 is 0 Å². The minimum atomic E-state index is 0.343. The summed E-state index contributed by atoms with van der Waals surface area (Å²) in [6.45, 7) is 8.20. The average Bonchev–Trinajstić information content (AvgIpc) is 2.69. The van der Waals surface area contributed by atoms with E-state index in [1.807, 2.05) is 6.07 Å². The highest BCUT2D eigenvalue weighted by Crippen LogP contribution is 2.26. The molecule has 0 aliphatic heterocycles. The maximum Gasteiger partial charge on any atom is 0.0931 e. The third kappa shape index (κ3) is 6.41. The highest BCUT2D eigenvalue weighted by molar-refractivity contribution is 7.16. The molecule has 0 saturated carbocycles. The molecule has 0 fully saturated rings. The van der Waals surface area contributed by atoms with Crippen LogP contribution in [0.2, 0.25) is 4.34 Å². The van der Waals surface area contributed by atoms with E-state index in [2.05, 4.69) is 32.2 Å². The number of hydrogen-bond acceptors (Lipinski definition) is 3. The molecule has 1 N–H and O–H groups in total. The molecule has 0 aromatic carbocycles. The number of nitrogens with one attached hydrogen (secondary N) is 1. The Morgan fingerprint density at radius 3 is 2.65 bits per heavy atom. The molecular weight excluding hydrogens is 254 g/mol. The molecule has 2 nitrogen and oxygen atoms in total. The van der Waals surface area contributed by atoms with Crippen molar-refractivity contribution in [3.05, 3.63) is 21.3 Å². The predicted octanol–water partition coefficient (Wildman–Crippen LogP) is 4.26. The monoisotopic (exact) mass is 275 g/mol. The molecule has 1 atom stereocenters. The Hall–Kier alpha value is -0.0900. The van der Waals surface area contributed by atoms with Crippen molar-refractivity contribution < 1.29 is 4.74 Å². The molecule has 1 rings (SSSR count). The van der Waals surface area contributed by atoms with Crippen molar-refractivity contribution >= 4 is 22.9 Å². The van der Waals surface area contributed by atoms with Gasteiger partial charge in [-0.15, -0.1) is 11.3 Å². The molecule has 0 bridgehead atoms. The lowest BCUT2D eigenvalue weighted by atomic mass is 10.2. The normalized spacial score (nSPS) is 13.2. The van der Waals surface area contributed by atoms with Crippen LogP contribution in [0.3, 0.4) is 0 Å².